The quantitative estimate of drug-likeness (QED) is 0.524. The molecule has 1 amide bonds. The molecule has 30 heavy (non-hydrogen) atoms. The molecule has 1 fully saturated rings. The van der Waals surface area contributed by atoms with E-state index < -0.39 is 0 Å². The number of carbonyl (C=O) groups excluding carboxylic acids is 1. The van der Waals surface area contributed by atoms with E-state index in [0.29, 0.717) is 11.8 Å². The number of fused-ring (bicyclic) bond motifs is 1. The Bertz CT molecular complexity index is 986. The van der Waals surface area contributed by atoms with Crippen molar-refractivity contribution in [3.8, 4) is 0 Å². The Morgan fingerprint density at radius 2 is 1.80 bits per heavy atom. The van der Waals surface area contributed by atoms with Gasteiger partial charge in [-0.25, -0.2) is 4.98 Å². The minimum atomic E-state index is -0.150. The fourth-order valence-electron chi connectivity index (χ4n) is 4.75. The summed E-state index contributed by atoms with van der Waals surface area (Å²) in [5, 5.41) is 0. The van der Waals surface area contributed by atoms with Gasteiger partial charge in [-0.3, -0.25) is 4.79 Å². The maximum absolute atomic E-state index is 13.8. The first kappa shape index (κ1) is 20.7. The lowest BCUT2D eigenvalue weighted by Crippen LogP contribution is -2.38. The molecule has 0 spiro atoms. The van der Waals surface area contributed by atoms with E-state index in [2.05, 4.69) is 59.9 Å². The summed E-state index contributed by atoms with van der Waals surface area (Å²) in [7, 11) is 0. The molecule has 5 nitrogen and oxygen atoms in total. The van der Waals surface area contributed by atoms with Crippen LogP contribution < -0.4 is 0 Å². The number of rotatable bonds is 7. The average Bonchev–Trinajstić information content (AvgIpc) is 3.45. The van der Waals surface area contributed by atoms with Crippen molar-refractivity contribution >= 4 is 16.9 Å². The second-order valence-electron chi connectivity index (χ2n) is 9.43. The van der Waals surface area contributed by atoms with E-state index in [1.54, 1.807) is 0 Å². The van der Waals surface area contributed by atoms with Gasteiger partial charge in [0.2, 0.25) is 5.91 Å². The van der Waals surface area contributed by atoms with Gasteiger partial charge in [0.15, 0.2) is 0 Å². The highest BCUT2D eigenvalue weighted by molar-refractivity contribution is 5.82. The minimum Gasteiger partial charge on any atom is -0.342 e. The van der Waals surface area contributed by atoms with Crippen LogP contribution in [-0.4, -0.2) is 31.5 Å². The summed E-state index contributed by atoms with van der Waals surface area (Å²) in [6.07, 6.45) is 6.89. The van der Waals surface area contributed by atoms with Gasteiger partial charge in [-0.05, 0) is 55.4 Å². The summed E-state index contributed by atoms with van der Waals surface area (Å²) in [4.78, 5) is 20.9. The fourth-order valence-corrected chi connectivity index (χ4v) is 4.75. The van der Waals surface area contributed by atoms with Crippen LogP contribution in [0.3, 0.4) is 0 Å². The van der Waals surface area contributed by atoms with Gasteiger partial charge in [0.1, 0.15) is 11.9 Å². The van der Waals surface area contributed by atoms with Crippen molar-refractivity contribution in [1.29, 1.82) is 0 Å². The first-order valence-electron chi connectivity index (χ1n) is 11.3. The molecule has 160 valence electrons. The third-order valence-corrected chi connectivity index (χ3v) is 6.03. The van der Waals surface area contributed by atoms with E-state index in [0.717, 1.165) is 43.7 Å². The van der Waals surface area contributed by atoms with Gasteiger partial charge in [0.25, 0.3) is 0 Å². The van der Waals surface area contributed by atoms with Crippen LogP contribution in [0.15, 0.2) is 48.8 Å². The summed E-state index contributed by atoms with van der Waals surface area (Å²) in [6, 6.07) is 12.3. The van der Waals surface area contributed by atoms with Crippen molar-refractivity contribution in [2.24, 2.45) is 11.8 Å². The summed E-state index contributed by atoms with van der Waals surface area (Å²) < 4.78 is 4.43. The summed E-state index contributed by atoms with van der Waals surface area (Å²) >= 11 is 0. The van der Waals surface area contributed by atoms with Gasteiger partial charge >= 0.3 is 0 Å². The predicted octanol–water partition coefficient (Wildman–Crippen LogP) is 5.44. The number of imidazole rings is 1. The number of carbonyl (C=O) groups is 1. The van der Waals surface area contributed by atoms with Gasteiger partial charge in [0.05, 0.1) is 17.1 Å². The molecule has 1 saturated heterocycles. The van der Waals surface area contributed by atoms with Crippen LogP contribution in [0.1, 0.15) is 64.9 Å². The number of hydrogen-bond donors (Lipinski definition) is 0. The molecular formula is C25H34N4O. The molecule has 0 saturated carbocycles. The van der Waals surface area contributed by atoms with E-state index in [1.165, 1.54) is 5.52 Å². The van der Waals surface area contributed by atoms with Gasteiger partial charge in [-0.15, -0.1) is 0 Å². The van der Waals surface area contributed by atoms with E-state index >= 15 is 0 Å². The number of amides is 1. The summed E-state index contributed by atoms with van der Waals surface area (Å²) in [5.74, 6) is 2.24. The third-order valence-electron chi connectivity index (χ3n) is 6.03. The zero-order valence-electron chi connectivity index (χ0n) is 18.7. The molecule has 3 aromatic rings. The molecule has 5 heteroatoms. The predicted molar refractivity (Wildman–Crippen MR) is 121 cm³/mol. The number of nitrogens with zero attached hydrogens (tertiary/aromatic N) is 4. The Labute approximate surface area is 179 Å². The fraction of sp³-hybridized carbons (Fsp3) is 0.520. The Morgan fingerprint density at radius 3 is 2.50 bits per heavy atom. The second-order valence-corrected chi connectivity index (χ2v) is 9.43. The lowest BCUT2D eigenvalue weighted by molar-refractivity contribution is -0.136. The normalized spacial score (nSPS) is 18.1. The molecule has 0 bridgehead atoms. The van der Waals surface area contributed by atoms with Crippen molar-refractivity contribution in [3.05, 3.63) is 54.6 Å². The first-order chi connectivity index (χ1) is 14.5. The van der Waals surface area contributed by atoms with Crippen molar-refractivity contribution in [2.75, 3.05) is 6.54 Å². The van der Waals surface area contributed by atoms with Crippen LogP contribution in [0, 0.1) is 11.8 Å². The van der Waals surface area contributed by atoms with Gasteiger partial charge in [0, 0.05) is 25.5 Å². The highest BCUT2D eigenvalue weighted by Crippen LogP contribution is 2.36. The lowest BCUT2D eigenvalue weighted by atomic mass is 10.0. The van der Waals surface area contributed by atoms with E-state index in [1.807, 2.05) is 30.6 Å². The number of likely N-dealkylation sites (tertiary alicyclic amines) is 1. The van der Waals surface area contributed by atoms with Gasteiger partial charge < -0.3 is 14.0 Å². The molecule has 0 unspecified atom stereocenters. The third kappa shape index (κ3) is 4.03. The number of para-hydroxylation sites is 2. The van der Waals surface area contributed by atoms with Crippen molar-refractivity contribution in [1.82, 2.24) is 19.0 Å². The molecule has 0 aliphatic carbocycles. The van der Waals surface area contributed by atoms with Crippen LogP contribution in [-0.2, 0) is 11.3 Å². The van der Waals surface area contributed by atoms with Gasteiger partial charge in [-0.1, -0.05) is 39.8 Å². The molecule has 2 aromatic heterocycles. The summed E-state index contributed by atoms with van der Waals surface area (Å²) in [5.41, 5.74) is 2.20. The van der Waals surface area contributed by atoms with Crippen molar-refractivity contribution in [2.45, 2.75) is 65.6 Å². The average molecular weight is 407 g/mol. The zero-order valence-corrected chi connectivity index (χ0v) is 18.7. The van der Waals surface area contributed by atoms with Crippen molar-refractivity contribution in [3.63, 3.8) is 0 Å². The monoisotopic (exact) mass is 406 g/mol. The SMILES string of the molecule is CC(C)C[C@H](C(=O)N1CCC[C@H]1c1nc2ccccc2n1CC(C)C)n1cccc1. The molecule has 1 aliphatic rings. The van der Waals surface area contributed by atoms with Crippen molar-refractivity contribution < 1.29 is 4.79 Å². The number of hydrogen-bond acceptors (Lipinski definition) is 2. The van der Waals surface area contributed by atoms with Gasteiger partial charge in [-0.2, -0.15) is 0 Å². The first-order valence-corrected chi connectivity index (χ1v) is 11.3. The van der Waals surface area contributed by atoms with E-state index in [-0.39, 0.29) is 18.0 Å². The topological polar surface area (TPSA) is 43.1 Å². The standard InChI is InChI=1S/C25H34N4O/c1-18(2)16-23(27-13-7-8-14-27)25(30)28-15-9-12-22(28)24-26-20-10-5-6-11-21(20)29(24)17-19(3)4/h5-8,10-11,13-14,18-19,22-23H,9,12,15-17H2,1-4H3/t22-,23+/m0/s1. The molecule has 1 aliphatic heterocycles. The molecular weight excluding hydrogens is 372 g/mol. The Morgan fingerprint density at radius 1 is 1.07 bits per heavy atom. The largest absolute Gasteiger partial charge is 0.342 e. The summed E-state index contributed by atoms with van der Waals surface area (Å²) in [6.45, 7) is 10.6. The highest BCUT2D eigenvalue weighted by Gasteiger charge is 2.37. The molecule has 3 heterocycles. The minimum absolute atomic E-state index is 0.0499. The Kier molecular flexibility index (Phi) is 5.98. The number of aromatic nitrogens is 3. The Hall–Kier alpha value is -2.56. The van der Waals surface area contributed by atoms with Crippen LogP contribution >= 0.6 is 0 Å². The maximum Gasteiger partial charge on any atom is 0.246 e. The molecule has 0 radical (unpaired) electrons. The van der Waals surface area contributed by atoms with Crippen LogP contribution in [0.2, 0.25) is 0 Å². The molecule has 2 atom stereocenters. The molecule has 0 N–H and O–H groups in total. The lowest BCUT2D eigenvalue weighted by Gasteiger charge is -2.30. The molecule has 4 rings (SSSR count). The zero-order chi connectivity index (χ0) is 21.3. The number of benzene rings is 1. The smallest absolute Gasteiger partial charge is 0.246 e. The van der Waals surface area contributed by atoms with E-state index in [4.69, 9.17) is 4.98 Å². The van der Waals surface area contributed by atoms with Crippen LogP contribution in [0.5, 0.6) is 0 Å². The highest BCUT2D eigenvalue weighted by atomic mass is 16.2. The van der Waals surface area contributed by atoms with Crippen LogP contribution in [0.4, 0.5) is 0 Å². The van der Waals surface area contributed by atoms with E-state index in [9.17, 15) is 4.79 Å². The van der Waals surface area contributed by atoms with Crippen LogP contribution in [0.25, 0.3) is 11.0 Å². The Balaban J connectivity index is 1.70. The molecule has 1 aromatic carbocycles. The second kappa shape index (κ2) is 8.66. The maximum atomic E-state index is 13.8.